The fourth-order valence-corrected chi connectivity index (χ4v) is 3.04. The van der Waals surface area contributed by atoms with Crippen LogP contribution in [-0.2, 0) is 0 Å². The van der Waals surface area contributed by atoms with Crippen molar-refractivity contribution >= 4 is 5.69 Å². The molecule has 0 aliphatic heterocycles. The summed E-state index contributed by atoms with van der Waals surface area (Å²) in [7, 11) is 0. The Balaban J connectivity index is 1.90. The van der Waals surface area contributed by atoms with Gasteiger partial charge in [0.25, 0.3) is 0 Å². The number of anilines is 1. The lowest BCUT2D eigenvalue weighted by Gasteiger charge is -2.22. The zero-order chi connectivity index (χ0) is 15.9. The zero-order valence-electron chi connectivity index (χ0n) is 12.9. The number of aliphatic hydroxyl groups excluding tert-OH is 2. The van der Waals surface area contributed by atoms with Crippen LogP contribution < -0.4 is 16.8 Å². The summed E-state index contributed by atoms with van der Waals surface area (Å²) in [5.41, 5.74) is 13.4. The molecule has 7 N–H and O–H groups in total. The second kappa shape index (κ2) is 8.17. The number of hydrogen-bond donors (Lipinski definition) is 5. The quantitative estimate of drug-likeness (QED) is 0.517. The van der Waals surface area contributed by atoms with Gasteiger partial charge in [0.05, 0.1) is 0 Å². The molecular formula is C17H27N3O2. The van der Waals surface area contributed by atoms with Gasteiger partial charge in [0.2, 0.25) is 0 Å². The van der Waals surface area contributed by atoms with E-state index in [2.05, 4.69) is 17.4 Å². The maximum atomic E-state index is 10.00. The highest BCUT2D eigenvalue weighted by Gasteiger charge is 2.16. The number of benzene rings is 1. The van der Waals surface area contributed by atoms with Gasteiger partial charge in [-0.15, -0.1) is 0 Å². The predicted molar refractivity (Wildman–Crippen MR) is 89.0 cm³/mol. The van der Waals surface area contributed by atoms with Crippen LogP contribution in [0.3, 0.4) is 0 Å². The molecular weight excluding hydrogens is 278 g/mol. The molecule has 5 heteroatoms. The van der Waals surface area contributed by atoms with Crippen molar-refractivity contribution in [2.24, 2.45) is 11.5 Å². The monoisotopic (exact) mass is 305 g/mol. The van der Waals surface area contributed by atoms with Crippen molar-refractivity contribution in [3.05, 3.63) is 41.6 Å². The molecule has 1 saturated carbocycles. The summed E-state index contributed by atoms with van der Waals surface area (Å²) in [6, 6.07) is 8.22. The number of nitrogens with one attached hydrogen (secondary N) is 1. The third kappa shape index (κ3) is 4.73. The maximum Gasteiger partial charge on any atom is 0.128 e. The molecule has 1 aromatic rings. The Kier molecular flexibility index (Phi) is 6.24. The highest BCUT2D eigenvalue weighted by molar-refractivity contribution is 5.45. The molecule has 1 aliphatic rings. The normalized spacial score (nSPS) is 19.7. The van der Waals surface area contributed by atoms with E-state index >= 15 is 0 Å². The van der Waals surface area contributed by atoms with Crippen molar-refractivity contribution in [3.8, 4) is 0 Å². The molecule has 1 aliphatic carbocycles. The van der Waals surface area contributed by atoms with Crippen molar-refractivity contribution in [1.29, 1.82) is 0 Å². The molecule has 22 heavy (non-hydrogen) atoms. The lowest BCUT2D eigenvalue weighted by Crippen LogP contribution is -2.28. The third-order valence-corrected chi connectivity index (χ3v) is 4.34. The summed E-state index contributed by atoms with van der Waals surface area (Å²) in [6.07, 6.45) is 5.97. The lowest BCUT2D eigenvalue weighted by atomic mass is 9.84. The van der Waals surface area contributed by atoms with Crippen LogP contribution in [0.4, 0.5) is 5.69 Å². The summed E-state index contributed by atoms with van der Waals surface area (Å²) < 4.78 is 0. The van der Waals surface area contributed by atoms with Crippen molar-refractivity contribution in [2.75, 3.05) is 5.32 Å². The van der Waals surface area contributed by atoms with Crippen LogP contribution in [-0.4, -0.2) is 22.7 Å². The molecule has 0 heterocycles. The van der Waals surface area contributed by atoms with E-state index in [9.17, 15) is 10.2 Å². The molecule has 0 bridgehead atoms. The van der Waals surface area contributed by atoms with E-state index in [1.54, 1.807) is 0 Å². The minimum absolute atomic E-state index is 0.179. The first-order valence-electron chi connectivity index (χ1n) is 7.99. The molecule has 5 nitrogen and oxygen atoms in total. The highest BCUT2D eigenvalue weighted by Crippen LogP contribution is 2.33. The fourth-order valence-electron chi connectivity index (χ4n) is 3.04. The summed E-state index contributed by atoms with van der Waals surface area (Å²) in [4.78, 5) is 0. The highest BCUT2D eigenvalue weighted by atomic mass is 16.3. The second-order valence-electron chi connectivity index (χ2n) is 6.01. The Hall–Kier alpha value is -1.56. The minimum atomic E-state index is -1.14. The van der Waals surface area contributed by atoms with E-state index in [0.29, 0.717) is 11.5 Å². The van der Waals surface area contributed by atoms with E-state index in [0.717, 1.165) is 5.69 Å². The third-order valence-electron chi connectivity index (χ3n) is 4.34. The van der Waals surface area contributed by atoms with Gasteiger partial charge >= 0.3 is 0 Å². The van der Waals surface area contributed by atoms with E-state index in [4.69, 9.17) is 11.5 Å². The van der Waals surface area contributed by atoms with Crippen LogP contribution in [0.1, 0.15) is 50.0 Å². The lowest BCUT2D eigenvalue weighted by molar-refractivity contribution is 0.172. The Morgan fingerprint density at radius 3 is 2.36 bits per heavy atom. The molecule has 2 rings (SSSR count). The first-order chi connectivity index (χ1) is 10.6. The van der Waals surface area contributed by atoms with Gasteiger partial charge in [0, 0.05) is 12.1 Å². The number of nitrogens with two attached hydrogens (primary N) is 2. The topological polar surface area (TPSA) is 105 Å². The standard InChI is InChI=1S/C17H27N3O2/c18-11-14(17(19)22)10-16(21)20-15-8-6-13(7-9-15)12-4-2-1-3-5-12/h6-9,11-12,16-17,20-22H,1-5,10,18-19H2/b14-11-. The van der Waals surface area contributed by atoms with Crippen molar-refractivity contribution < 1.29 is 10.2 Å². The molecule has 1 aromatic carbocycles. The van der Waals surface area contributed by atoms with E-state index < -0.39 is 12.5 Å². The average Bonchev–Trinajstić information content (AvgIpc) is 2.54. The van der Waals surface area contributed by atoms with Gasteiger partial charge in [-0.1, -0.05) is 31.4 Å². The second-order valence-corrected chi connectivity index (χ2v) is 6.01. The molecule has 2 unspecified atom stereocenters. The molecule has 122 valence electrons. The van der Waals surface area contributed by atoms with Crippen LogP contribution in [0.2, 0.25) is 0 Å². The van der Waals surface area contributed by atoms with Crippen LogP contribution in [0.5, 0.6) is 0 Å². The minimum Gasteiger partial charge on any atom is -0.405 e. The first-order valence-corrected chi connectivity index (χ1v) is 7.99. The van der Waals surface area contributed by atoms with Crippen molar-refractivity contribution in [3.63, 3.8) is 0 Å². The largest absolute Gasteiger partial charge is 0.405 e. The van der Waals surface area contributed by atoms with Gasteiger partial charge in [-0.2, -0.15) is 0 Å². The summed E-state index contributed by atoms with van der Waals surface area (Å²) >= 11 is 0. The Morgan fingerprint density at radius 1 is 1.18 bits per heavy atom. The molecule has 0 saturated heterocycles. The Bertz CT molecular complexity index is 479. The molecule has 0 aromatic heterocycles. The number of aliphatic hydroxyl groups is 2. The van der Waals surface area contributed by atoms with Gasteiger partial charge in [-0.05, 0) is 48.2 Å². The van der Waals surface area contributed by atoms with Crippen LogP contribution >= 0.6 is 0 Å². The molecule has 2 atom stereocenters. The van der Waals surface area contributed by atoms with Crippen molar-refractivity contribution in [1.82, 2.24) is 0 Å². The summed E-state index contributed by atoms with van der Waals surface area (Å²) in [5, 5.41) is 22.3. The fraction of sp³-hybridized carbons (Fsp3) is 0.529. The van der Waals surface area contributed by atoms with Crippen LogP contribution in [0.15, 0.2) is 36.0 Å². The maximum absolute atomic E-state index is 10.00. The van der Waals surface area contributed by atoms with Gasteiger partial charge in [-0.25, -0.2) is 0 Å². The number of hydrogen-bond acceptors (Lipinski definition) is 5. The molecule has 1 fully saturated rings. The first kappa shape index (κ1) is 16.8. The molecule has 0 spiro atoms. The van der Waals surface area contributed by atoms with Gasteiger partial charge in [0.1, 0.15) is 12.5 Å². The van der Waals surface area contributed by atoms with Gasteiger partial charge < -0.3 is 27.0 Å². The van der Waals surface area contributed by atoms with Gasteiger partial charge in [-0.3, -0.25) is 0 Å². The van der Waals surface area contributed by atoms with E-state index in [-0.39, 0.29) is 6.42 Å². The average molecular weight is 305 g/mol. The van der Waals surface area contributed by atoms with E-state index in [1.165, 1.54) is 43.9 Å². The predicted octanol–water partition coefficient (Wildman–Crippen LogP) is 1.97. The summed E-state index contributed by atoms with van der Waals surface area (Å²) in [6.45, 7) is 0. The Morgan fingerprint density at radius 2 is 1.82 bits per heavy atom. The Labute approximate surface area is 132 Å². The van der Waals surface area contributed by atoms with Crippen LogP contribution in [0, 0.1) is 0 Å². The summed E-state index contributed by atoms with van der Waals surface area (Å²) in [5.74, 6) is 0.673. The van der Waals surface area contributed by atoms with Crippen LogP contribution in [0.25, 0.3) is 0 Å². The molecule has 0 radical (unpaired) electrons. The smallest absolute Gasteiger partial charge is 0.128 e. The zero-order valence-corrected chi connectivity index (χ0v) is 12.9. The SMILES string of the molecule is N/C=C(/CC(O)Nc1ccc(C2CCCCC2)cc1)C(N)O. The van der Waals surface area contributed by atoms with Gasteiger partial charge in [0.15, 0.2) is 0 Å². The molecule has 0 amide bonds. The number of rotatable bonds is 6. The van der Waals surface area contributed by atoms with E-state index in [1.807, 2.05) is 12.1 Å². The van der Waals surface area contributed by atoms with Crippen molar-refractivity contribution in [2.45, 2.75) is 56.9 Å².